The monoisotopic (exact) mass is 323 g/mol. The van der Waals surface area contributed by atoms with Gasteiger partial charge in [0.05, 0.1) is 17.4 Å². The van der Waals surface area contributed by atoms with Crippen molar-refractivity contribution in [3.8, 4) is 0 Å². The van der Waals surface area contributed by atoms with Gasteiger partial charge in [0.15, 0.2) is 9.84 Å². The van der Waals surface area contributed by atoms with Crippen LogP contribution in [0.5, 0.6) is 0 Å². The first-order valence-electron chi connectivity index (χ1n) is 6.01. The molecule has 6 heteroatoms. The molecule has 2 saturated heterocycles. The maximum Gasteiger partial charge on any atom is 0.227 e. The van der Waals surface area contributed by atoms with Crippen molar-refractivity contribution in [2.45, 2.75) is 25.8 Å². The molecule has 0 saturated carbocycles. The van der Waals surface area contributed by atoms with Crippen LogP contribution in [0.15, 0.2) is 0 Å². The highest BCUT2D eigenvalue weighted by Gasteiger charge is 2.40. The predicted octanol–water partition coefficient (Wildman–Crippen LogP) is 1.05. The maximum absolute atomic E-state index is 12.3. The summed E-state index contributed by atoms with van der Waals surface area (Å²) in [6, 6.07) is 0.228. The average molecular weight is 324 g/mol. The molecule has 0 aliphatic carbocycles. The lowest BCUT2D eigenvalue weighted by molar-refractivity contribution is -0.135. The number of amides is 1. The van der Waals surface area contributed by atoms with Crippen LogP contribution < -0.4 is 0 Å². The molecule has 0 N–H and O–H groups in total. The van der Waals surface area contributed by atoms with Crippen molar-refractivity contribution in [2.75, 3.05) is 23.4 Å². The van der Waals surface area contributed by atoms with E-state index >= 15 is 0 Å². The largest absolute Gasteiger partial charge is 0.338 e. The number of carbonyl (C=O) groups is 1. The lowest BCUT2D eigenvalue weighted by atomic mass is 10.0. The van der Waals surface area contributed by atoms with Gasteiger partial charge in [0.2, 0.25) is 5.91 Å². The SMILES string of the molecule is CC1CCN(C(=O)C2CCS(=O)(=O)C2)C1CBr. The fraction of sp³-hybridized carbons (Fsp3) is 0.909. The smallest absolute Gasteiger partial charge is 0.227 e. The molecule has 0 aromatic heterocycles. The van der Waals surface area contributed by atoms with Crippen LogP contribution in [0, 0.1) is 11.8 Å². The van der Waals surface area contributed by atoms with E-state index in [0.29, 0.717) is 12.3 Å². The van der Waals surface area contributed by atoms with E-state index in [2.05, 4.69) is 22.9 Å². The fourth-order valence-corrected chi connectivity index (χ4v) is 5.46. The molecule has 0 aromatic rings. The molecule has 2 aliphatic rings. The van der Waals surface area contributed by atoms with Crippen LogP contribution in [-0.4, -0.2) is 48.6 Å². The third-order valence-corrected chi connectivity index (χ3v) is 6.34. The van der Waals surface area contributed by atoms with Gasteiger partial charge in [0.25, 0.3) is 0 Å². The molecule has 17 heavy (non-hydrogen) atoms. The van der Waals surface area contributed by atoms with Crippen LogP contribution in [0.25, 0.3) is 0 Å². The number of halogens is 1. The van der Waals surface area contributed by atoms with E-state index in [1.807, 2.05) is 4.90 Å². The molecule has 1 amide bonds. The Bertz CT molecular complexity index is 409. The molecule has 98 valence electrons. The normalized spacial score (nSPS) is 36.4. The van der Waals surface area contributed by atoms with Crippen molar-refractivity contribution in [3.05, 3.63) is 0 Å². The summed E-state index contributed by atoms with van der Waals surface area (Å²) in [5.41, 5.74) is 0. The van der Waals surface area contributed by atoms with E-state index in [-0.39, 0.29) is 29.4 Å². The Hall–Kier alpha value is -0.100. The average Bonchev–Trinajstić information content (AvgIpc) is 2.80. The molecule has 2 heterocycles. The number of hydrogen-bond acceptors (Lipinski definition) is 3. The van der Waals surface area contributed by atoms with Crippen LogP contribution in [0.3, 0.4) is 0 Å². The zero-order valence-corrected chi connectivity index (χ0v) is 12.3. The lowest BCUT2D eigenvalue weighted by Crippen LogP contribution is -2.42. The molecule has 2 fully saturated rings. The van der Waals surface area contributed by atoms with Crippen LogP contribution in [0.4, 0.5) is 0 Å². The number of alkyl halides is 1. The Morgan fingerprint density at radius 2 is 2.12 bits per heavy atom. The Balaban J connectivity index is 2.06. The van der Waals surface area contributed by atoms with Gasteiger partial charge >= 0.3 is 0 Å². The molecule has 0 bridgehead atoms. The van der Waals surface area contributed by atoms with Crippen LogP contribution >= 0.6 is 15.9 Å². The third-order valence-electron chi connectivity index (χ3n) is 3.91. The van der Waals surface area contributed by atoms with Gasteiger partial charge < -0.3 is 4.90 Å². The molecular formula is C11H18BrNO3S. The molecule has 0 aromatic carbocycles. The predicted molar refractivity (Wildman–Crippen MR) is 69.8 cm³/mol. The summed E-state index contributed by atoms with van der Waals surface area (Å²) < 4.78 is 22.8. The Morgan fingerprint density at radius 3 is 2.65 bits per heavy atom. The highest BCUT2D eigenvalue weighted by atomic mass is 79.9. The molecule has 2 aliphatic heterocycles. The molecule has 2 rings (SSSR count). The van der Waals surface area contributed by atoms with E-state index in [9.17, 15) is 13.2 Å². The highest BCUT2D eigenvalue weighted by molar-refractivity contribution is 9.09. The molecule has 3 atom stereocenters. The van der Waals surface area contributed by atoms with Crippen molar-refractivity contribution < 1.29 is 13.2 Å². The van der Waals surface area contributed by atoms with Crippen molar-refractivity contribution >= 4 is 31.7 Å². The second kappa shape index (κ2) is 4.88. The number of hydrogen-bond donors (Lipinski definition) is 0. The Labute approximate surface area is 111 Å². The van der Waals surface area contributed by atoms with E-state index < -0.39 is 9.84 Å². The quantitative estimate of drug-likeness (QED) is 0.714. The second-order valence-corrected chi connectivity index (χ2v) is 8.00. The van der Waals surface area contributed by atoms with Crippen molar-refractivity contribution in [1.82, 2.24) is 4.90 Å². The molecular weight excluding hydrogens is 306 g/mol. The minimum atomic E-state index is -2.97. The lowest BCUT2D eigenvalue weighted by Gasteiger charge is -2.27. The van der Waals surface area contributed by atoms with Crippen LogP contribution in [-0.2, 0) is 14.6 Å². The first-order chi connectivity index (χ1) is 7.94. The van der Waals surface area contributed by atoms with Crippen molar-refractivity contribution in [1.29, 1.82) is 0 Å². The van der Waals surface area contributed by atoms with Gasteiger partial charge in [-0.25, -0.2) is 8.42 Å². The molecule has 3 unspecified atom stereocenters. The molecule has 0 spiro atoms. The number of rotatable bonds is 2. The van der Waals surface area contributed by atoms with E-state index in [1.54, 1.807) is 0 Å². The number of carbonyl (C=O) groups excluding carboxylic acids is 1. The molecule has 0 radical (unpaired) electrons. The minimum absolute atomic E-state index is 0.0416. The molecule has 4 nitrogen and oxygen atoms in total. The summed E-state index contributed by atoms with van der Waals surface area (Å²) in [6.07, 6.45) is 1.52. The standard InChI is InChI=1S/C11H18BrNO3S/c1-8-2-4-13(10(8)6-12)11(14)9-3-5-17(15,16)7-9/h8-10H,2-7H2,1H3. The van der Waals surface area contributed by atoms with Gasteiger partial charge in [-0.05, 0) is 18.8 Å². The zero-order valence-electron chi connectivity index (χ0n) is 9.93. The Morgan fingerprint density at radius 1 is 1.41 bits per heavy atom. The summed E-state index contributed by atoms with van der Waals surface area (Å²) in [7, 11) is -2.97. The third kappa shape index (κ3) is 2.67. The summed E-state index contributed by atoms with van der Waals surface area (Å²) in [4.78, 5) is 14.2. The Kier molecular flexibility index (Phi) is 3.83. The van der Waals surface area contributed by atoms with E-state index in [4.69, 9.17) is 0 Å². The summed E-state index contributed by atoms with van der Waals surface area (Å²) in [5, 5.41) is 0.777. The van der Waals surface area contributed by atoms with Gasteiger partial charge in [-0.15, -0.1) is 0 Å². The van der Waals surface area contributed by atoms with Crippen LogP contribution in [0.2, 0.25) is 0 Å². The zero-order chi connectivity index (χ0) is 12.6. The summed E-state index contributed by atoms with van der Waals surface area (Å²) in [6.45, 7) is 2.91. The topological polar surface area (TPSA) is 54.5 Å². The summed E-state index contributed by atoms with van der Waals surface area (Å²) in [5.74, 6) is 0.459. The first-order valence-corrected chi connectivity index (χ1v) is 8.96. The van der Waals surface area contributed by atoms with Crippen molar-refractivity contribution in [3.63, 3.8) is 0 Å². The first kappa shape index (κ1) is 13.3. The maximum atomic E-state index is 12.3. The van der Waals surface area contributed by atoms with Gasteiger partial charge in [-0.1, -0.05) is 22.9 Å². The van der Waals surface area contributed by atoms with Crippen LogP contribution in [0.1, 0.15) is 19.8 Å². The van der Waals surface area contributed by atoms with Gasteiger partial charge in [0, 0.05) is 17.9 Å². The van der Waals surface area contributed by atoms with Gasteiger partial charge in [-0.3, -0.25) is 4.79 Å². The second-order valence-electron chi connectivity index (χ2n) is 5.12. The number of likely N-dealkylation sites (tertiary alicyclic amines) is 1. The number of sulfone groups is 1. The van der Waals surface area contributed by atoms with Crippen molar-refractivity contribution in [2.24, 2.45) is 11.8 Å². The van der Waals surface area contributed by atoms with Gasteiger partial charge in [-0.2, -0.15) is 0 Å². The summed E-state index contributed by atoms with van der Waals surface area (Å²) >= 11 is 3.44. The highest BCUT2D eigenvalue weighted by Crippen LogP contribution is 2.29. The van der Waals surface area contributed by atoms with E-state index in [1.165, 1.54) is 0 Å². The fourth-order valence-electron chi connectivity index (χ4n) is 2.74. The minimum Gasteiger partial charge on any atom is -0.338 e. The van der Waals surface area contributed by atoms with Gasteiger partial charge in [0.1, 0.15) is 0 Å². The van der Waals surface area contributed by atoms with E-state index in [0.717, 1.165) is 18.3 Å². The number of nitrogens with zero attached hydrogens (tertiary/aromatic N) is 1.